The standard InChI is InChI=1S/C23H27N3O3/c1-15-9-10-20(29-4)19(13-15)26-22(28)23(2,3)21(27)24-12-11-16-14-25-18-8-6-5-7-17(16)18/h5-10,13-14,25H,11-12H2,1-4H3,(H,24,27)(H,26,28). The molecule has 1 heterocycles. The van der Waals surface area contributed by atoms with Gasteiger partial charge in [-0.2, -0.15) is 0 Å². The molecule has 0 atom stereocenters. The number of aromatic nitrogens is 1. The van der Waals surface area contributed by atoms with Crippen LogP contribution >= 0.6 is 0 Å². The zero-order valence-corrected chi connectivity index (χ0v) is 17.3. The summed E-state index contributed by atoms with van der Waals surface area (Å²) in [6.07, 6.45) is 2.64. The van der Waals surface area contributed by atoms with E-state index in [1.165, 1.54) is 0 Å². The molecule has 6 nitrogen and oxygen atoms in total. The highest BCUT2D eigenvalue weighted by molar-refractivity contribution is 6.10. The van der Waals surface area contributed by atoms with Gasteiger partial charge in [-0.15, -0.1) is 0 Å². The SMILES string of the molecule is COc1ccc(C)cc1NC(=O)C(C)(C)C(=O)NCCc1c[nH]c2ccccc12. The molecule has 0 radical (unpaired) electrons. The number of ether oxygens (including phenoxy) is 1. The lowest BCUT2D eigenvalue weighted by Crippen LogP contribution is -2.45. The van der Waals surface area contributed by atoms with Gasteiger partial charge in [-0.3, -0.25) is 9.59 Å². The highest BCUT2D eigenvalue weighted by atomic mass is 16.5. The summed E-state index contributed by atoms with van der Waals surface area (Å²) in [6.45, 7) is 5.61. The Morgan fingerprint density at radius 3 is 2.62 bits per heavy atom. The first-order valence-electron chi connectivity index (χ1n) is 9.62. The van der Waals surface area contributed by atoms with Gasteiger partial charge in [0, 0.05) is 23.6 Å². The fourth-order valence-corrected chi connectivity index (χ4v) is 3.17. The molecule has 0 fully saturated rings. The number of para-hydroxylation sites is 1. The largest absolute Gasteiger partial charge is 0.495 e. The summed E-state index contributed by atoms with van der Waals surface area (Å²) >= 11 is 0. The Morgan fingerprint density at radius 1 is 1.10 bits per heavy atom. The molecule has 29 heavy (non-hydrogen) atoms. The highest BCUT2D eigenvalue weighted by Gasteiger charge is 2.36. The van der Waals surface area contributed by atoms with Crippen LogP contribution in [0.2, 0.25) is 0 Å². The van der Waals surface area contributed by atoms with E-state index < -0.39 is 5.41 Å². The number of carbonyl (C=O) groups is 2. The van der Waals surface area contributed by atoms with Crippen LogP contribution in [0.4, 0.5) is 5.69 Å². The Balaban J connectivity index is 1.62. The predicted octanol–water partition coefficient (Wildman–Crippen LogP) is 3.81. The molecule has 0 saturated heterocycles. The fraction of sp³-hybridized carbons (Fsp3) is 0.304. The second kappa shape index (κ2) is 8.39. The molecule has 0 saturated carbocycles. The molecule has 152 valence electrons. The number of nitrogens with one attached hydrogen (secondary N) is 3. The number of hydrogen-bond donors (Lipinski definition) is 3. The molecule has 0 aliphatic heterocycles. The Bertz CT molecular complexity index is 1040. The zero-order valence-electron chi connectivity index (χ0n) is 17.3. The molecular formula is C23H27N3O3. The van der Waals surface area contributed by atoms with Crippen LogP contribution in [0.25, 0.3) is 10.9 Å². The van der Waals surface area contributed by atoms with E-state index in [4.69, 9.17) is 4.74 Å². The average Bonchev–Trinajstić information content (AvgIpc) is 3.11. The second-order valence-corrected chi connectivity index (χ2v) is 7.65. The number of aromatic amines is 1. The quantitative estimate of drug-likeness (QED) is 0.534. The number of benzene rings is 2. The third-order valence-electron chi connectivity index (χ3n) is 5.09. The maximum Gasteiger partial charge on any atom is 0.239 e. The Kier molecular flexibility index (Phi) is 5.92. The molecular weight excluding hydrogens is 366 g/mol. The lowest BCUT2D eigenvalue weighted by atomic mass is 9.90. The predicted molar refractivity (Wildman–Crippen MR) is 115 cm³/mol. The minimum Gasteiger partial charge on any atom is -0.495 e. The van der Waals surface area contributed by atoms with E-state index in [2.05, 4.69) is 21.7 Å². The number of fused-ring (bicyclic) bond motifs is 1. The van der Waals surface area contributed by atoms with Crippen LogP contribution in [0.15, 0.2) is 48.7 Å². The molecule has 2 amide bonds. The normalized spacial score (nSPS) is 11.3. The van der Waals surface area contributed by atoms with Gasteiger partial charge in [0.15, 0.2) is 0 Å². The Morgan fingerprint density at radius 2 is 1.86 bits per heavy atom. The lowest BCUT2D eigenvalue weighted by molar-refractivity contribution is -0.138. The monoisotopic (exact) mass is 393 g/mol. The molecule has 0 unspecified atom stereocenters. The maximum atomic E-state index is 12.8. The van der Waals surface area contributed by atoms with Gasteiger partial charge in [0.1, 0.15) is 11.2 Å². The minimum absolute atomic E-state index is 0.318. The van der Waals surface area contributed by atoms with Crippen LogP contribution in [0, 0.1) is 12.3 Å². The molecule has 0 bridgehead atoms. The summed E-state index contributed by atoms with van der Waals surface area (Å²) in [5.41, 5.74) is 2.52. The number of aryl methyl sites for hydroxylation is 1. The van der Waals surface area contributed by atoms with E-state index in [1.807, 2.05) is 43.5 Å². The van der Waals surface area contributed by atoms with Gasteiger partial charge in [0.25, 0.3) is 0 Å². The van der Waals surface area contributed by atoms with Crippen LogP contribution in [-0.2, 0) is 16.0 Å². The first-order valence-corrected chi connectivity index (χ1v) is 9.62. The maximum absolute atomic E-state index is 12.8. The van der Waals surface area contributed by atoms with Crippen LogP contribution in [0.5, 0.6) is 5.75 Å². The molecule has 3 N–H and O–H groups in total. The Labute approximate surface area is 170 Å². The summed E-state index contributed by atoms with van der Waals surface area (Å²) in [4.78, 5) is 28.7. The van der Waals surface area contributed by atoms with Crippen molar-refractivity contribution in [1.29, 1.82) is 0 Å². The van der Waals surface area contributed by atoms with Crippen LogP contribution in [-0.4, -0.2) is 30.5 Å². The van der Waals surface area contributed by atoms with Crippen LogP contribution < -0.4 is 15.4 Å². The van der Waals surface area contributed by atoms with E-state index in [1.54, 1.807) is 27.0 Å². The van der Waals surface area contributed by atoms with Gasteiger partial charge in [-0.25, -0.2) is 0 Å². The van der Waals surface area contributed by atoms with E-state index in [9.17, 15) is 9.59 Å². The lowest BCUT2D eigenvalue weighted by Gasteiger charge is -2.23. The number of hydrogen-bond acceptors (Lipinski definition) is 3. The van der Waals surface area contributed by atoms with Crippen molar-refractivity contribution >= 4 is 28.4 Å². The van der Waals surface area contributed by atoms with Crippen molar-refractivity contribution in [1.82, 2.24) is 10.3 Å². The number of rotatable bonds is 7. The molecule has 0 aliphatic rings. The van der Waals surface area contributed by atoms with E-state index in [-0.39, 0.29) is 11.8 Å². The molecule has 3 rings (SSSR count). The Hall–Kier alpha value is -3.28. The van der Waals surface area contributed by atoms with Crippen molar-refractivity contribution in [2.24, 2.45) is 5.41 Å². The topological polar surface area (TPSA) is 83.2 Å². The van der Waals surface area contributed by atoms with Gasteiger partial charge < -0.3 is 20.4 Å². The number of H-pyrrole nitrogens is 1. The molecule has 3 aromatic rings. The average molecular weight is 393 g/mol. The first-order chi connectivity index (χ1) is 13.8. The summed E-state index contributed by atoms with van der Waals surface area (Å²) < 4.78 is 5.30. The highest BCUT2D eigenvalue weighted by Crippen LogP contribution is 2.28. The van der Waals surface area contributed by atoms with Gasteiger partial charge in [-0.1, -0.05) is 24.3 Å². The van der Waals surface area contributed by atoms with Crippen molar-refractivity contribution in [3.63, 3.8) is 0 Å². The summed E-state index contributed by atoms with van der Waals surface area (Å²) in [5, 5.41) is 6.85. The van der Waals surface area contributed by atoms with Crippen molar-refractivity contribution in [2.45, 2.75) is 27.2 Å². The van der Waals surface area contributed by atoms with Crippen molar-refractivity contribution in [3.05, 3.63) is 59.8 Å². The fourth-order valence-electron chi connectivity index (χ4n) is 3.17. The van der Waals surface area contributed by atoms with E-state index in [0.717, 1.165) is 22.0 Å². The zero-order chi connectivity index (χ0) is 21.0. The molecule has 6 heteroatoms. The third kappa shape index (κ3) is 4.42. The second-order valence-electron chi connectivity index (χ2n) is 7.65. The van der Waals surface area contributed by atoms with Gasteiger partial charge in [-0.05, 0) is 56.5 Å². The van der Waals surface area contributed by atoms with E-state index >= 15 is 0 Å². The summed E-state index contributed by atoms with van der Waals surface area (Å²) in [5.74, 6) is -0.146. The minimum atomic E-state index is -1.23. The molecule has 2 aromatic carbocycles. The summed E-state index contributed by atoms with van der Waals surface area (Å²) in [7, 11) is 1.54. The van der Waals surface area contributed by atoms with Gasteiger partial charge in [0.05, 0.1) is 12.8 Å². The molecule has 1 aromatic heterocycles. The van der Waals surface area contributed by atoms with Crippen LogP contribution in [0.3, 0.4) is 0 Å². The number of anilines is 1. The molecule has 0 aliphatic carbocycles. The van der Waals surface area contributed by atoms with Crippen molar-refractivity contribution < 1.29 is 14.3 Å². The number of methoxy groups -OCH3 is 1. The first kappa shape index (κ1) is 20.5. The summed E-state index contributed by atoms with van der Waals surface area (Å²) in [6, 6.07) is 13.6. The molecule has 0 spiro atoms. The van der Waals surface area contributed by atoms with Crippen LogP contribution in [0.1, 0.15) is 25.0 Å². The number of amides is 2. The van der Waals surface area contributed by atoms with Crippen molar-refractivity contribution in [3.8, 4) is 5.75 Å². The third-order valence-corrected chi connectivity index (χ3v) is 5.09. The van der Waals surface area contributed by atoms with Gasteiger partial charge >= 0.3 is 0 Å². The number of carbonyl (C=O) groups excluding carboxylic acids is 2. The van der Waals surface area contributed by atoms with Gasteiger partial charge in [0.2, 0.25) is 11.8 Å². The van der Waals surface area contributed by atoms with Crippen molar-refractivity contribution in [2.75, 3.05) is 19.0 Å². The smallest absolute Gasteiger partial charge is 0.239 e. The van der Waals surface area contributed by atoms with E-state index in [0.29, 0.717) is 24.4 Å².